The number of aryl methyl sites for hydroxylation is 2. The maximum atomic E-state index is 6.63. The summed E-state index contributed by atoms with van der Waals surface area (Å²) in [6.45, 7) is 0. The molecule has 0 saturated carbocycles. The van der Waals surface area contributed by atoms with Crippen molar-refractivity contribution in [3.63, 3.8) is 0 Å². The van der Waals surface area contributed by atoms with Gasteiger partial charge in [-0.15, -0.1) is 11.6 Å². The molecular formula is C15H12BrCl. The Morgan fingerprint density at radius 1 is 0.941 bits per heavy atom. The predicted octanol–water partition coefficient (Wildman–Crippen LogP) is 4.88. The van der Waals surface area contributed by atoms with E-state index in [0.29, 0.717) is 0 Å². The molecule has 0 spiro atoms. The van der Waals surface area contributed by atoms with E-state index >= 15 is 0 Å². The van der Waals surface area contributed by atoms with Crippen LogP contribution < -0.4 is 0 Å². The lowest BCUT2D eigenvalue weighted by molar-refractivity contribution is 0.965. The average molecular weight is 308 g/mol. The second kappa shape index (κ2) is 4.47. The zero-order valence-electron chi connectivity index (χ0n) is 9.29. The molecule has 0 saturated heterocycles. The molecule has 1 aliphatic rings. The highest BCUT2D eigenvalue weighted by Crippen LogP contribution is 2.37. The van der Waals surface area contributed by atoms with Crippen molar-refractivity contribution in [2.24, 2.45) is 0 Å². The van der Waals surface area contributed by atoms with Gasteiger partial charge in [-0.25, -0.2) is 0 Å². The average Bonchev–Trinajstić information content (AvgIpc) is 2.49. The lowest BCUT2D eigenvalue weighted by Gasteiger charge is -2.13. The minimum atomic E-state index is -0.0267. The highest BCUT2D eigenvalue weighted by atomic mass is 79.9. The van der Waals surface area contributed by atoms with Crippen molar-refractivity contribution in [3.8, 4) is 0 Å². The normalized spacial score (nSPS) is 18.1. The first kappa shape index (κ1) is 11.3. The van der Waals surface area contributed by atoms with Crippen LogP contribution in [0.4, 0.5) is 0 Å². The van der Waals surface area contributed by atoms with Crippen molar-refractivity contribution in [2.75, 3.05) is 0 Å². The van der Waals surface area contributed by atoms with Crippen molar-refractivity contribution >= 4 is 27.5 Å². The van der Waals surface area contributed by atoms with Gasteiger partial charge in [0.1, 0.15) is 0 Å². The van der Waals surface area contributed by atoms with E-state index in [9.17, 15) is 0 Å². The van der Waals surface area contributed by atoms with Crippen molar-refractivity contribution in [2.45, 2.75) is 18.2 Å². The molecule has 0 aliphatic heterocycles. The second-order valence-electron chi connectivity index (χ2n) is 4.40. The largest absolute Gasteiger partial charge is 0.113 e. The van der Waals surface area contributed by atoms with Crippen molar-refractivity contribution in [1.82, 2.24) is 0 Å². The van der Waals surface area contributed by atoms with Crippen LogP contribution in [0.1, 0.15) is 27.6 Å². The number of halogens is 2. The highest BCUT2D eigenvalue weighted by Gasteiger charge is 2.21. The highest BCUT2D eigenvalue weighted by molar-refractivity contribution is 9.10. The molecular weight excluding hydrogens is 296 g/mol. The molecule has 1 unspecified atom stereocenters. The molecule has 0 N–H and O–H groups in total. The quantitative estimate of drug-likeness (QED) is 0.609. The number of benzene rings is 2. The van der Waals surface area contributed by atoms with Crippen LogP contribution in [0.25, 0.3) is 0 Å². The number of hydrogen-bond acceptors (Lipinski definition) is 0. The van der Waals surface area contributed by atoms with Crippen molar-refractivity contribution in [1.29, 1.82) is 0 Å². The summed E-state index contributed by atoms with van der Waals surface area (Å²) in [4.78, 5) is 0. The zero-order chi connectivity index (χ0) is 11.8. The van der Waals surface area contributed by atoms with Gasteiger partial charge in [-0.05, 0) is 47.2 Å². The molecule has 0 amide bonds. The third-order valence-corrected chi connectivity index (χ3v) is 4.34. The summed E-state index contributed by atoms with van der Waals surface area (Å²) >= 11 is 10.2. The van der Waals surface area contributed by atoms with Gasteiger partial charge in [-0.3, -0.25) is 0 Å². The van der Waals surface area contributed by atoms with E-state index in [-0.39, 0.29) is 5.38 Å². The number of rotatable bonds is 0. The van der Waals surface area contributed by atoms with E-state index in [2.05, 4.69) is 58.4 Å². The summed E-state index contributed by atoms with van der Waals surface area (Å²) < 4.78 is 1.10. The summed E-state index contributed by atoms with van der Waals surface area (Å²) in [6, 6.07) is 14.9. The van der Waals surface area contributed by atoms with Crippen LogP contribution in [0.3, 0.4) is 0 Å². The third-order valence-electron chi connectivity index (χ3n) is 3.37. The SMILES string of the molecule is ClC1c2ccccc2CCc2ccc(Br)cc21. The first-order valence-electron chi connectivity index (χ1n) is 5.76. The summed E-state index contributed by atoms with van der Waals surface area (Å²) in [5, 5.41) is -0.0267. The molecule has 1 atom stereocenters. The predicted molar refractivity (Wildman–Crippen MR) is 75.7 cm³/mol. The Morgan fingerprint density at radius 3 is 2.47 bits per heavy atom. The van der Waals surface area contributed by atoms with E-state index in [1.807, 2.05) is 0 Å². The minimum absolute atomic E-state index is 0.0267. The molecule has 0 nitrogen and oxygen atoms in total. The van der Waals surface area contributed by atoms with Crippen molar-refractivity contribution < 1.29 is 0 Å². The van der Waals surface area contributed by atoms with Gasteiger partial charge >= 0.3 is 0 Å². The van der Waals surface area contributed by atoms with Gasteiger partial charge in [0, 0.05) is 4.47 Å². The molecule has 0 radical (unpaired) electrons. The van der Waals surface area contributed by atoms with Crippen LogP contribution in [0.15, 0.2) is 46.9 Å². The van der Waals surface area contributed by atoms with E-state index in [4.69, 9.17) is 11.6 Å². The molecule has 2 aromatic carbocycles. The summed E-state index contributed by atoms with van der Waals surface area (Å²) in [5.74, 6) is 0. The number of fused-ring (bicyclic) bond motifs is 2. The molecule has 17 heavy (non-hydrogen) atoms. The standard InChI is InChI=1S/C15H12BrCl/c16-12-8-7-11-6-5-10-3-1-2-4-13(10)15(17)14(11)9-12/h1-4,7-9,15H,5-6H2. The summed E-state index contributed by atoms with van der Waals surface area (Å²) in [5.41, 5.74) is 5.24. The van der Waals surface area contributed by atoms with E-state index < -0.39 is 0 Å². The fraction of sp³-hybridized carbons (Fsp3) is 0.200. The Hall–Kier alpha value is -0.790. The Labute approximate surface area is 115 Å². The van der Waals surface area contributed by atoms with Crippen LogP contribution in [0, 0.1) is 0 Å². The molecule has 3 rings (SSSR count). The van der Waals surface area contributed by atoms with Crippen LogP contribution in [0.5, 0.6) is 0 Å². The second-order valence-corrected chi connectivity index (χ2v) is 5.76. The van der Waals surface area contributed by atoms with Gasteiger partial charge in [-0.2, -0.15) is 0 Å². The van der Waals surface area contributed by atoms with E-state index in [1.54, 1.807) is 0 Å². The first-order chi connectivity index (χ1) is 8.25. The van der Waals surface area contributed by atoms with Gasteiger partial charge in [-0.1, -0.05) is 46.3 Å². The van der Waals surface area contributed by atoms with Crippen molar-refractivity contribution in [3.05, 3.63) is 69.2 Å². The van der Waals surface area contributed by atoms with Crippen LogP contribution in [-0.2, 0) is 12.8 Å². The van der Waals surface area contributed by atoms with Gasteiger partial charge in [0.25, 0.3) is 0 Å². The molecule has 0 heterocycles. The fourth-order valence-electron chi connectivity index (χ4n) is 2.48. The monoisotopic (exact) mass is 306 g/mol. The van der Waals surface area contributed by atoms with Gasteiger partial charge < -0.3 is 0 Å². The molecule has 0 fully saturated rings. The minimum Gasteiger partial charge on any atom is -0.113 e. The molecule has 0 bridgehead atoms. The summed E-state index contributed by atoms with van der Waals surface area (Å²) in [7, 11) is 0. The Balaban J connectivity index is 2.18. The molecule has 2 aromatic rings. The fourth-order valence-corrected chi connectivity index (χ4v) is 3.27. The molecule has 2 heteroatoms. The maximum Gasteiger partial charge on any atom is 0.0841 e. The van der Waals surface area contributed by atoms with Gasteiger partial charge in [0.05, 0.1) is 5.38 Å². The van der Waals surface area contributed by atoms with E-state index in [0.717, 1.165) is 17.3 Å². The zero-order valence-corrected chi connectivity index (χ0v) is 11.6. The number of alkyl halides is 1. The van der Waals surface area contributed by atoms with Gasteiger partial charge in [0.2, 0.25) is 0 Å². The first-order valence-corrected chi connectivity index (χ1v) is 6.99. The van der Waals surface area contributed by atoms with Crippen LogP contribution in [0.2, 0.25) is 0 Å². The lowest BCUT2D eigenvalue weighted by atomic mass is 10.00. The smallest absolute Gasteiger partial charge is 0.0841 e. The summed E-state index contributed by atoms with van der Waals surface area (Å²) in [6.07, 6.45) is 2.15. The van der Waals surface area contributed by atoms with Gasteiger partial charge in [0.15, 0.2) is 0 Å². The Kier molecular flexibility index (Phi) is 2.97. The number of hydrogen-bond donors (Lipinski definition) is 0. The molecule has 1 aliphatic carbocycles. The lowest BCUT2D eigenvalue weighted by Crippen LogP contribution is -1.96. The molecule has 0 aromatic heterocycles. The van der Waals surface area contributed by atoms with Crippen LogP contribution in [-0.4, -0.2) is 0 Å². The molecule has 86 valence electrons. The Morgan fingerprint density at radius 2 is 1.65 bits per heavy atom. The maximum absolute atomic E-state index is 6.63. The third kappa shape index (κ3) is 2.02. The van der Waals surface area contributed by atoms with Crippen LogP contribution >= 0.6 is 27.5 Å². The van der Waals surface area contributed by atoms with E-state index in [1.165, 1.54) is 22.3 Å². The topological polar surface area (TPSA) is 0 Å². The Bertz CT molecular complexity index is 563.